The minimum atomic E-state index is -0.165. The number of nitrogens with one attached hydrogen (secondary N) is 3. The second kappa shape index (κ2) is 8.25. The first-order chi connectivity index (χ1) is 13.2. The summed E-state index contributed by atoms with van der Waals surface area (Å²) in [6.45, 7) is 0. The minimum absolute atomic E-state index is 0.0862. The van der Waals surface area contributed by atoms with Crippen LogP contribution < -0.4 is 16.0 Å². The second-order valence-electron chi connectivity index (χ2n) is 7.61. The molecule has 2 aliphatic rings. The van der Waals surface area contributed by atoms with E-state index in [0.717, 1.165) is 48.7 Å². The number of thiazole rings is 1. The zero-order valence-electron chi connectivity index (χ0n) is 15.4. The number of urea groups is 1. The first kappa shape index (κ1) is 18.2. The van der Waals surface area contributed by atoms with Crippen LogP contribution in [0.3, 0.4) is 0 Å². The third kappa shape index (κ3) is 4.58. The maximum absolute atomic E-state index is 12.4. The number of fused-ring (bicyclic) bond motifs is 1. The molecule has 7 heteroatoms. The van der Waals surface area contributed by atoms with Gasteiger partial charge >= 0.3 is 6.03 Å². The fourth-order valence-electron chi connectivity index (χ4n) is 4.05. The van der Waals surface area contributed by atoms with E-state index >= 15 is 0 Å². The van der Waals surface area contributed by atoms with Crippen molar-refractivity contribution in [3.05, 3.63) is 18.2 Å². The number of nitrogens with zero attached hydrogens (tertiary/aromatic N) is 1. The minimum Gasteiger partial charge on any atom is -0.335 e. The molecule has 3 N–H and O–H groups in total. The van der Waals surface area contributed by atoms with Crippen LogP contribution in [0.1, 0.15) is 57.8 Å². The molecular weight excluding hydrogens is 360 g/mol. The monoisotopic (exact) mass is 386 g/mol. The van der Waals surface area contributed by atoms with Crippen molar-refractivity contribution < 1.29 is 9.59 Å². The van der Waals surface area contributed by atoms with Crippen LogP contribution in [0.25, 0.3) is 10.2 Å². The Morgan fingerprint density at radius 1 is 0.963 bits per heavy atom. The maximum atomic E-state index is 12.4. The van der Waals surface area contributed by atoms with Crippen LogP contribution >= 0.6 is 11.3 Å². The Morgan fingerprint density at radius 3 is 2.48 bits per heavy atom. The maximum Gasteiger partial charge on any atom is 0.319 e. The largest absolute Gasteiger partial charge is 0.335 e. The first-order valence-electron chi connectivity index (χ1n) is 9.96. The molecule has 4 rings (SSSR count). The van der Waals surface area contributed by atoms with Crippen molar-refractivity contribution in [2.45, 2.75) is 63.8 Å². The number of anilines is 2. The van der Waals surface area contributed by atoms with Gasteiger partial charge in [0.15, 0.2) is 5.13 Å². The first-order valence-corrected chi connectivity index (χ1v) is 10.8. The fourth-order valence-corrected chi connectivity index (χ4v) is 4.90. The summed E-state index contributed by atoms with van der Waals surface area (Å²) in [5, 5.41) is 9.52. The number of carbonyl (C=O) groups is 2. The van der Waals surface area contributed by atoms with E-state index in [4.69, 9.17) is 0 Å². The summed E-state index contributed by atoms with van der Waals surface area (Å²) in [6, 6.07) is 5.80. The van der Waals surface area contributed by atoms with Crippen molar-refractivity contribution in [2.24, 2.45) is 5.92 Å². The molecule has 27 heavy (non-hydrogen) atoms. The SMILES string of the molecule is O=C(Nc1ccc2sc(NC(=O)C3CCCCC3)nc2c1)NC1CCCC1. The average Bonchev–Trinajstić information content (AvgIpc) is 3.31. The number of hydrogen-bond donors (Lipinski definition) is 3. The summed E-state index contributed by atoms with van der Waals surface area (Å²) in [7, 11) is 0. The van der Waals surface area contributed by atoms with Gasteiger partial charge < -0.3 is 16.0 Å². The molecule has 0 aliphatic heterocycles. The summed E-state index contributed by atoms with van der Waals surface area (Å²) in [5.74, 6) is 0.199. The zero-order chi connectivity index (χ0) is 18.6. The lowest BCUT2D eigenvalue weighted by Gasteiger charge is -2.19. The quantitative estimate of drug-likeness (QED) is 0.700. The highest BCUT2D eigenvalue weighted by atomic mass is 32.1. The van der Waals surface area contributed by atoms with Gasteiger partial charge in [-0.05, 0) is 43.9 Å². The van der Waals surface area contributed by atoms with Crippen molar-refractivity contribution in [3.63, 3.8) is 0 Å². The molecule has 0 bridgehead atoms. The van der Waals surface area contributed by atoms with Crippen LogP contribution in [0.5, 0.6) is 0 Å². The van der Waals surface area contributed by atoms with E-state index in [1.807, 2.05) is 18.2 Å². The van der Waals surface area contributed by atoms with Gasteiger partial charge in [0, 0.05) is 17.6 Å². The highest BCUT2D eigenvalue weighted by Gasteiger charge is 2.22. The average molecular weight is 387 g/mol. The number of hydrogen-bond acceptors (Lipinski definition) is 4. The Morgan fingerprint density at radius 2 is 1.70 bits per heavy atom. The van der Waals surface area contributed by atoms with Crippen molar-refractivity contribution in [1.29, 1.82) is 0 Å². The molecule has 2 aromatic rings. The summed E-state index contributed by atoms with van der Waals surface area (Å²) in [6.07, 6.45) is 9.93. The van der Waals surface area contributed by atoms with Gasteiger partial charge in [0.05, 0.1) is 10.2 Å². The fraction of sp³-hybridized carbons (Fsp3) is 0.550. The van der Waals surface area contributed by atoms with Gasteiger partial charge in [0.25, 0.3) is 0 Å². The van der Waals surface area contributed by atoms with E-state index < -0.39 is 0 Å². The van der Waals surface area contributed by atoms with Crippen LogP contribution in [0.4, 0.5) is 15.6 Å². The van der Waals surface area contributed by atoms with Gasteiger partial charge in [-0.25, -0.2) is 9.78 Å². The van der Waals surface area contributed by atoms with Gasteiger partial charge in [-0.15, -0.1) is 0 Å². The van der Waals surface area contributed by atoms with Crippen molar-refractivity contribution in [2.75, 3.05) is 10.6 Å². The van der Waals surface area contributed by atoms with Crippen LogP contribution in [0.2, 0.25) is 0 Å². The van der Waals surface area contributed by atoms with Crippen LogP contribution in [-0.4, -0.2) is 23.0 Å². The molecule has 0 spiro atoms. The lowest BCUT2D eigenvalue weighted by atomic mass is 9.89. The predicted octanol–water partition coefficient (Wildman–Crippen LogP) is 4.88. The summed E-state index contributed by atoms with van der Waals surface area (Å²) >= 11 is 1.47. The molecule has 0 radical (unpaired) electrons. The molecule has 1 aromatic carbocycles. The van der Waals surface area contributed by atoms with Gasteiger partial charge in [-0.2, -0.15) is 0 Å². The van der Waals surface area contributed by atoms with E-state index in [0.29, 0.717) is 10.8 Å². The molecular formula is C20H26N4O2S. The van der Waals surface area contributed by atoms with Gasteiger partial charge in [-0.3, -0.25) is 4.79 Å². The number of benzene rings is 1. The summed E-state index contributed by atoms with van der Waals surface area (Å²) in [4.78, 5) is 29.1. The number of rotatable bonds is 4. The number of amides is 3. The van der Waals surface area contributed by atoms with Gasteiger partial charge in [0.1, 0.15) is 0 Å². The third-order valence-electron chi connectivity index (χ3n) is 5.54. The number of carbonyl (C=O) groups excluding carboxylic acids is 2. The zero-order valence-corrected chi connectivity index (χ0v) is 16.2. The molecule has 0 saturated heterocycles. The van der Waals surface area contributed by atoms with Gasteiger partial charge in [-0.1, -0.05) is 43.4 Å². The Hall–Kier alpha value is -2.15. The van der Waals surface area contributed by atoms with E-state index in [1.165, 1.54) is 30.6 Å². The van der Waals surface area contributed by atoms with Crippen LogP contribution in [0.15, 0.2) is 18.2 Å². The van der Waals surface area contributed by atoms with E-state index in [2.05, 4.69) is 20.9 Å². The molecule has 6 nitrogen and oxygen atoms in total. The standard InChI is InChI=1S/C20H26N4O2S/c25-18(13-6-2-1-3-7-13)24-20-23-16-12-15(10-11-17(16)27-20)22-19(26)21-14-8-4-5-9-14/h10-14H,1-9H2,(H2,21,22,26)(H,23,24,25). The number of aromatic nitrogens is 1. The van der Waals surface area contributed by atoms with Crippen LogP contribution in [-0.2, 0) is 4.79 Å². The Balaban J connectivity index is 1.38. The lowest BCUT2D eigenvalue weighted by Crippen LogP contribution is -2.36. The smallest absolute Gasteiger partial charge is 0.319 e. The van der Waals surface area contributed by atoms with E-state index in [9.17, 15) is 9.59 Å². The molecule has 1 aromatic heterocycles. The second-order valence-corrected chi connectivity index (χ2v) is 8.64. The molecule has 144 valence electrons. The molecule has 0 atom stereocenters. The summed E-state index contributed by atoms with van der Waals surface area (Å²) in [5.41, 5.74) is 1.51. The van der Waals surface area contributed by atoms with Crippen molar-refractivity contribution >= 4 is 44.3 Å². The Bertz CT molecular complexity index is 822. The summed E-state index contributed by atoms with van der Waals surface area (Å²) < 4.78 is 0.996. The van der Waals surface area contributed by atoms with E-state index in [-0.39, 0.29) is 23.9 Å². The third-order valence-corrected chi connectivity index (χ3v) is 6.49. The van der Waals surface area contributed by atoms with Gasteiger partial charge in [0.2, 0.25) is 5.91 Å². The molecule has 2 fully saturated rings. The highest BCUT2D eigenvalue weighted by Crippen LogP contribution is 2.30. The lowest BCUT2D eigenvalue weighted by molar-refractivity contribution is -0.120. The predicted molar refractivity (Wildman–Crippen MR) is 109 cm³/mol. The Kier molecular flexibility index (Phi) is 5.57. The molecule has 1 heterocycles. The molecule has 2 aliphatic carbocycles. The van der Waals surface area contributed by atoms with Crippen molar-refractivity contribution in [3.8, 4) is 0 Å². The highest BCUT2D eigenvalue weighted by molar-refractivity contribution is 7.22. The Labute approximate surface area is 163 Å². The van der Waals surface area contributed by atoms with Crippen LogP contribution in [0, 0.1) is 5.92 Å². The molecule has 3 amide bonds. The normalized spacial score (nSPS) is 18.5. The van der Waals surface area contributed by atoms with E-state index in [1.54, 1.807) is 0 Å². The topological polar surface area (TPSA) is 83.1 Å². The molecule has 0 unspecified atom stereocenters. The molecule has 2 saturated carbocycles. The van der Waals surface area contributed by atoms with Crippen molar-refractivity contribution in [1.82, 2.24) is 10.3 Å².